The van der Waals surface area contributed by atoms with Gasteiger partial charge in [0.15, 0.2) is 5.82 Å². The minimum Gasteiger partial charge on any atom is -0.494 e. The van der Waals surface area contributed by atoms with Gasteiger partial charge in [-0.2, -0.15) is 4.98 Å². The second kappa shape index (κ2) is 11.4. The van der Waals surface area contributed by atoms with Crippen molar-refractivity contribution in [1.29, 1.82) is 0 Å². The van der Waals surface area contributed by atoms with Crippen LogP contribution >= 0.6 is 0 Å². The minimum atomic E-state index is -0.259. The summed E-state index contributed by atoms with van der Waals surface area (Å²) in [6.07, 6.45) is 8.83. The summed E-state index contributed by atoms with van der Waals surface area (Å²) >= 11 is 0. The minimum absolute atomic E-state index is 0.0667. The number of amides is 2. The van der Waals surface area contributed by atoms with Crippen molar-refractivity contribution < 1.29 is 19.4 Å². The third-order valence-electron chi connectivity index (χ3n) is 9.17. The fourth-order valence-corrected chi connectivity index (χ4v) is 6.86. The van der Waals surface area contributed by atoms with Gasteiger partial charge in [-0.25, -0.2) is 4.98 Å². The van der Waals surface area contributed by atoms with Gasteiger partial charge in [0, 0.05) is 38.8 Å². The summed E-state index contributed by atoms with van der Waals surface area (Å²) in [7, 11) is 3.42. The Morgan fingerprint density at radius 2 is 1.88 bits per heavy atom. The van der Waals surface area contributed by atoms with Crippen LogP contribution in [0.2, 0.25) is 0 Å². The third-order valence-corrected chi connectivity index (χ3v) is 9.17. The van der Waals surface area contributed by atoms with E-state index in [-0.39, 0.29) is 24.0 Å². The highest BCUT2D eigenvalue weighted by Crippen LogP contribution is 2.42. The number of piperidine rings is 1. The summed E-state index contributed by atoms with van der Waals surface area (Å²) in [6.45, 7) is 4.51. The molecule has 2 N–H and O–H groups in total. The van der Waals surface area contributed by atoms with Crippen molar-refractivity contribution in [2.75, 3.05) is 60.4 Å². The Labute approximate surface area is 241 Å². The van der Waals surface area contributed by atoms with E-state index in [0.717, 1.165) is 67.2 Å². The number of carbonyl (C=O) groups excluding carboxylic acids is 2. The van der Waals surface area contributed by atoms with Crippen LogP contribution in [0.5, 0.6) is 5.75 Å². The molecule has 6 rings (SSSR count). The number of nitrogens with one attached hydrogen (secondary N) is 1. The van der Waals surface area contributed by atoms with Gasteiger partial charge in [-0.1, -0.05) is 19.8 Å². The molecule has 3 aliphatic heterocycles. The molecule has 1 aromatic heterocycles. The number of hydrogen-bond acceptors (Lipinski definition) is 9. The molecular weight excluding hydrogens is 522 g/mol. The Kier molecular flexibility index (Phi) is 7.74. The number of likely N-dealkylation sites (N-methyl/N-ethyl adjacent to an activating group) is 1. The van der Waals surface area contributed by atoms with Crippen LogP contribution in [0.3, 0.4) is 0 Å². The van der Waals surface area contributed by atoms with Gasteiger partial charge in [-0.3, -0.25) is 14.5 Å². The van der Waals surface area contributed by atoms with Crippen molar-refractivity contribution in [2.45, 2.75) is 76.5 Å². The summed E-state index contributed by atoms with van der Waals surface area (Å²) in [5.74, 6) is 2.01. The first-order valence-electron chi connectivity index (χ1n) is 15.0. The third kappa shape index (κ3) is 5.21. The molecule has 0 spiro atoms. The second-order valence-corrected chi connectivity index (χ2v) is 11.7. The molecule has 1 saturated heterocycles. The number of fused-ring (bicyclic) bond motifs is 2. The van der Waals surface area contributed by atoms with Crippen LogP contribution in [0.15, 0.2) is 18.3 Å². The predicted molar refractivity (Wildman–Crippen MR) is 158 cm³/mol. The lowest BCUT2D eigenvalue weighted by Gasteiger charge is -2.43. The number of hydrogen-bond donors (Lipinski definition) is 2. The normalized spacial score (nSPS) is 21.8. The summed E-state index contributed by atoms with van der Waals surface area (Å²) in [5, 5.41) is 13.2. The van der Waals surface area contributed by atoms with Gasteiger partial charge in [0.05, 0.1) is 37.3 Å². The first kappa shape index (κ1) is 27.7. The summed E-state index contributed by atoms with van der Waals surface area (Å²) < 4.78 is 5.76. The van der Waals surface area contributed by atoms with Crippen molar-refractivity contribution >= 4 is 40.6 Å². The van der Waals surface area contributed by atoms with Gasteiger partial charge in [0.1, 0.15) is 17.5 Å². The number of likely N-dealkylation sites (tertiary alicyclic amines) is 1. The van der Waals surface area contributed by atoms with E-state index in [9.17, 15) is 14.7 Å². The fourth-order valence-electron chi connectivity index (χ4n) is 6.86. The highest BCUT2D eigenvalue weighted by molar-refractivity contribution is 6.04. The van der Waals surface area contributed by atoms with E-state index in [4.69, 9.17) is 9.72 Å². The number of aliphatic hydroxyl groups excluding tert-OH is 1. The zero-order valence-corrected chi connectivity index (χ0v) is 24.3. The SMILES string of the molecule is CC[C@@H]1C(=O)N(C)c2cnc(Nc3cc4c(cc3OC)N(C(=O)CN3CCC(O)CC3)CC4)nc2N1C1CCCC1. The molecule has 0 radical (unpaired) electrons. The number of methoxy groups -OCH3 is 1. The lowest BCUT2D eigenvalue weighted by molar-refractivity contribution is -0.120. The van der Waals surface area contributed by atoms with Crippen molar-refractivity contribution in [3.63, 3.8) is 0 Å². The number of aliphatic hydroxyl groups is 1. The van der Waals surface area contributed by atoms with Crippen molar-refractivity contribution in [3.05, 3.63) is 23.9 Å². The van der Waals surface area contributed by atoms with Crippen LogP contribution in [0, 0.1) is 0 Å². The molecule has 4 aliphatic rings. The lowest BCUT2D eigenvalue weighted by Crippen LogP contribution is -2.55. The largest absolute Gasteiger partial charge is 0.494 e. The fraction of sp³-hybridized carbons (Fsp3) is 0.600. The van der Waals surface area contributed by atoms with Crippen molar-refractivity contribution in [2.24, 2.45) is 0 Å². The lowest BCUT2D eigenvalue weighted by atomic mass is 10.0. The Morgan fingerprint density at radius 1 is 1.12 bits per heavy atom. The maximum absolute atomic E-state index is 13.2. The van der Waals surface area contributed by atoms with E-state index >= 15 is 0 Å². The number of benzene rings is 1. The van der Waals surface area contributed by atoms with Crippen LogP contribution in [-0.2, 0) is 16.0 Å². The first-order valence-corrected chi connectivity index (χ1v) is 15.0. The van der Waals surface area contributed by atoms with Gasteiger partial charge in [0.25, 0.3) is 0 Å². The molecule has 1 aliphatic carbocycles. The van der Waals surface area contributed by atoms with Gasteiger partial charge < -0.3 is 29.9 Å². The van der Waals surface area contributed by atoms with Crippen molar-refractivity contribution in [1.82, 2.24) is 14.9 Å². The summed E-state index contributed by atoms with van der Waals surface area (Å²) in [6, 6.07) is 4.02. The van der Waals surface area contributed by atoms with Crippen LogP contribution in [-0.4, -0.2) is 90.3 Å². The molecule has 1 saturated carbocycles. The maximum atomic E-state index is 13.2. The quantitative estimate of drug-likeness (QED) is 0.525. The number of aromatic nitrogens is 2. The Balaban J connectivity index is 1.25. The molecule has 2 fully saturated rings. The number of anilines is 5. The van der Waals surface area contributed by atoms with E-state index < -0.39 is 0 Å². The van der Waals surface area contributed by atoms with E-state index in [2.05, 4.69) is 27.0 Å². The number of carbonyl (C=O) groups is 2. The Hall–Kier alpha value is -3.44. The smallest absolute Gasteiger partial charge is 0.249 e. The molecule has 220 valence electrons. The molecule has 4 heterocycles. The molecule has 11 heteroatoms. The van der Waals surface area contributed by atoms with Crippen LogP contribution < -0.4 is 24.8 Å². The van der Waals surface area contributed by atoms with Crippen LogP contribution in [0.25, 0.3) is 0 Å². The van der Waals surface area contributed by atoms with E-state index in [1.165, 1.54) is 12.8 Å². The first-order chi connectivity index (χ1) is 19.9. The summed E-state index contributed by atoms with van der Waals surface area (Å²) in [5.41, 5.74) is 3.41. The molecule has 2 amide bonds. The molecule has 1 aromatic carbocycles. The predicted octanol–water partition coefficient (Wildman–Crippen LogP) is 3.08. The molecule has 11 nitrogen and oxygen atoms in total. The molecule has 1 atom stereocenters. The Bertz CT molecular complexity index is 1310. The average Bonchev–Trinajstić information content (AvgIpc) is 3.66. The number of ether oxygens (including phenoxy) is 1. The van der Waals surface area contributed by atoms with Gasteiger partial charge in [-0.05, 0) is 50.2 Å². The summed E-state index contributed by atoms with van der Waals surface area (Å²) in [4.78, 5) is 43.9. The van der Waals surface area contributed by atoms with Crippen LogP contribution in [0.1, 0.15) is 57.4 Å². The average molecular weight is 564 g/mol. The highest BCUT2D eigenvalue weighted by atomic mass is 16.5. The van der Waals surface area contributed by atoms with Crippen LogP contribution in [0.4, 0.5) is 28.8 Å². The number of rotatable bonds is 7. The Morgan fingerprint density at radius 3 is 2.59 bits per heavy atom. The maximum Gasteiger partial charge on any atom is 0.249 e. The standard InChI is InChI=1S/C30H41N7O4/c1-4-23-29(40)34(2)25-17-31-30(33-28(25)37(23)20-7-5-6-8-20)32-22-15-19-9-14-36(24(19)16-26(22)41-3)27(39)18-35-12-10-21(38)11-13-35/h15-17,20-21,23,38H,4-14,18H2,1-3H3,(H,31,32,33)/t23-/m1/s1. The molecule has 0 bridgehead atoms. The molecule has 41 heavy (non-hydrogen) atoms. The molecular formula is C30H41N7O4. The molecule has 2 aromatic rings. The van der Waals surface area contributed by atoms with E-state index in [1.807, 2.05) is 17.0 Å². The van der Waals surface area contributed by atoms with Gasteiger partial charge in [0.2, 0.25) is 17.8 Å². The zero-order chi connectivity index (χ0) is 28.7. The van der Waals surface area contributed by atoms with Gasteiger partial charge >= 0.3 is 0 Å². The van der Waals surface area contributed by atoms with Gasteiger partial charge in [-0.15, -0.1) is 0 Å². The molecule has 0 unspecified atom stereocenters. The second-order valence-electron chi connectivity index (χ2n) is 11.7. The van der Waals surface area contributed by atoms with Crippen molar-refractivity contribution in [3.8, 4) is 5.75 Å². The topological polar surface area (TPSA) is 114 Å². The van der Waals surface area contributed by atoms with E-state index in [0.29, 0.717) is 43.7 Å². The number of nitrogens with zero attached hydrogens (tertiary/aromatic N) is 6. The zero-order valence-electron chi connectivity index (χ0n) is 24.3. The highest BCUT2D eigenvalue weighted by Gasteiger charge is 2.41. The van der Waals surface area contributed by atoms with E-state index in [1.54, 1.807) is 25.3 Å². The monoisotopic (exact) mass is 563 g/mol.